The van der Waals surface area contributed by atoms with Crippen LogP contribution in [0.1, 0.15) is 17.3 Å². The molecule has 0 heterocycles. The molecule has 22 heavy (non-hydrogen) atoms. The molecule has 0 amide bonds. The quantitative estimate of drug-likeness (QED) is 0.527. The number of hydrogen-bond donors (Lipinski definition) is 0. The molecule has 0 saturated carbocycles. The van der Waals surface area contributed by atoms with Gasteiger partial charge in [0.25, 0.3) is 0 Å². The van der Waals surface area contributed by atoms with Crippen LogP contribution in [0.5, 0.6) is 5.75 Å². The molecule has 2 aromatic rings. The van der Waals surface area contributed by atoms with Crippen molar-refractivity contribution >= 4 is 55.0 Å². The van der Waals surface area contributed by atoms with E-state index >= 15 is 0 Å². The van der Waals surface area contributed by atoms with Crippen LogP contribution in [-0.2, 0) is 10.1 Å². The third-order valence-electron chi connectivity index (χ3n) is 2.66. The molecule has 8 heteroatoms. The average molecular weight is 424 g/mol. The van der Waals surface area contributed by atoms with Crippen LogP contribution in [0.25, 0.3) is 0 Å². The van der Waals surface area contributed by atoms with E-state index in [1.807, 2.05) is 0 Å². The summed E-state index contributed by atoms with van der Waals surface area (Å²) in [6.45, 7) is 1.37. The summed E-state index contributed by atoms with van der Waals surface area (Å²) in [4.78, 5) is 11.0. The minimum atomic E-state index is -4.23. The first-order valence-corrected chi connectivity index (χ1v) is 8.86. The van der Waals surface area contributed by atoms with Gasteiger partial charge in [-0.15, -0.1) is 0 Å². The summed E-state index contributed by atoms with van der Waals surface area (Å²) in [6, 6.07) is 8.63. The van der Waals surface area contributed by atoms with Gasteiger partial charge < -0.3 is 4.18 Å². The fourth-order valence-electron chi connectivity index (χ4n) is 1.70. The number of hydrogen-bond acceptors (Lipinski definition) is 4. The van der Waals surface area contributed by atoms with Crippen molar-refractivity contribution in [2.24, 2.45) is 0 Å². The molecule has 0 atom stereocenters. The highest BCUT2D eigenvalue weighted by Gasteiger charge is 2.25. The summed E-state index contributed by atoms with van der Waals surface area (Å²) in [5.74, 6) is -0.203. The molecule has 2 rings (SSSR count). The topological polar surface area (TPSA) is 60.4 Å². The van der Waals surface area contributed by atoms with Gasteiger partial charge in [0.2, 0.25) is 0 Å². The Labute approximate surface area is 146 Å². The van der Waals surface area contributed by atoms with E-state index in [1.54, 1.807) is 6.07 Å². The van der Waals surface area contributed by atoms with Gasteiger partial charge >= 0.3 is 10.1 Å². The maximum atomic E-state index is 12.3. The molecule has 4 nitrogen and oxygen atoms in total. The Morgan fingerprint density at radius 1 is 1.14 bits per heavy atom. The first-order chi connectivity index (χ1) is 10.2. The number of benzene rings is 2. The first kappa shape index (κ1) is 17.3. The molecule has 0 bridgehead atoms. The molecule has 0 saturated heterocycles. The Morgan fingerprint density at radius 2 is 1.73 bits per heavy atom. The van der Waals surface area contributed by atoms with E-state index in [0.29, 0.717) is 10.0 Å². The van der Waals surface area contributed by atoms with E-state index in [4.69, 9.17) is 27.4 Å². The zero-order valence-electron chi connectivity index (χ0n) is 11.1. The number of ketones is 1. The monoisotopic (exact) mass is 422 g/mol. The van der Waals surface area contributed by atoms with Gasteiger partial charge in [-0.2, -0.15) is 8.42 Å². The van der Waals surface area contributed by atoms with Crippen molar-refractivity contribution in [3.63, 3.8) is 0 Å². The molecule has 0 aliphatic carbocycles. The lowest BCUT2D eigenvalue weighted by Crippen LogP contribution is -2.11. The van der Waals surface area contributed by atoms with Crippen LogP contribution in [0.2, 0.25) is 10.0 Å². The maximum Gasteiger partial charge on any atom is 0.342 e. The number of halogens is 3. The van der Waals surface area contributed by atoms with Crippen LogP contribution < -0.4 is 4.18 Å². The number of Topliss-reactive ketones (excluding diaryl/α,β-unsaturated/α-hetero) is 1. The Morgan fingerprint density at radius 3 is 2.27 bits per heavy atom. The Kier molecular flexibility index (Phi) is 5.17. The van der Waals surface area contributed by atoms with Crippen LogP contribution in [0.3, 0.4) is 0 Å². The van der Waals surface area contributed by atoms with Crippen LogP contribution in [-0.4, -0.2) is 14.2 Å². The van der Waals surface area contributed by atoms with Crippen LogP contribution in [0.4, 0.5) is 0 Å². The molecule has 0 unspecified atom stereocenters. The Bertz CT molecular complexity index is 827. The largest absolute Gasteiger partial charge is 0.379 e. The molecule has 0 fully saturated rings. The molecule has 0 radical (unpaired) electrons. The van der Waals surface area contributed by atoms with Gasteiger partial charge in [0, 0.05) is 10.0 Å². The highest BCUT2D eigenvalue weighted by atomic mass is 79.9. The summed E-state index contributed by atoms with van der Waals surface area (Å²) in [5.41, 5.74) is 0.334. The van der Waals surface area contributed by atoms with Gasteiger partial charge in [-0.25, -0.2) is 0 Å². The minimum Gasteiger partial charge on any atom is -0.379 e. The van der Waals surface area contributed by atoms with Crippen molar-refractivity contribution < 1.29 is 17.4 Å². The molecule has 0 aliphatic heterocycles. The van der Waals surface area contributed by atoms with E-state index in [2.05, 4.69) is 15.9 Å². The predicted molar refractivity (Wildman–Crippen MR) is 88.4 cm³/mol. The van der Waals surface area contributed by atoms with E-state index < -0.39 is 10.1 Å². The van der Waals surface area contributed by atoms with Gasteiger partial charge in [0.1, 0.15) is 10.6 Å². The lowest BCUT2D eigenvalue weighted by atomic mass is 10.1. The molecule has 0 N–H and O–H groups in total. The Hall–Kier alpha value is -1.08. The van der Waals surface area contributed by atoms with Gasteiger partial charge in [-0.05, 0) is 31.2 Å². The molecular weight excluding hydrogens is 415 g/mol. The molecular formula is C14H9BrCl2O4S. The first-order valence-electron chi connectivity index (χ1n) is 5.91. The van der Waals surface area contributed by atoms with E-state index in [0.717, 1.165) is 0 Å². The van der Waals surface area contributed by atoms with Gasteiger partial charge in [0.15, 0.2) is 5.78 Å². The van der Waals surface area contributed by atoms with E-state index in [-0.39, 0.29) is 26.5 Å². The SMILES string of the molecule is CC(=O)c1cccc(OS(=O)(=O)c2c(Cl)cc(Br)cc2Cl)c1. The summed E-state index contributed by atoms with van der Waals surface area (Å²) in [6.07, 6.45) is 0. The van der Waals surface area contributed by atoms with Crippen molar-refractivity contribution in [1.82, 2.24) is 0 Å². The summed E-state index contributed by atoms with van der Waals surface area (Å²) in [5, 5.41) is -0.135. The standard InChI is InChI=1S/C14H9BrCl2O4S/c1-8(18)9-3-2-4-11(5-9)21-22(19,20)14-12(16)6-10(15)7-13(14)17/h2-7H,1H3. The number of carbonyl (C=O) groups is 1. The molecule has 0 spiro atoms. The van der Waals surface area contributed by atoms with Crippen molar-refractivity contribution in [3.8, 4) is 5.75 Å². The van der Waals surface area contributed by atoms with Crippen LogP contribution in [0, 0.1) is 0 Å². The summed E-state index contributed by atoms with van der Waals surface area (Å²) < 4.78 is 30.2. The third kappa shape index (κ3) is 3.81. The minimum absolute atomic E-state index is 0.00255. The molecule has 116 valence electrons. The zero-order valence-corrected chi connectivity index (χ0v) is 15.1. The normalized spacial score (nSPS) is 11.3. The second-order valence-corrected chi connectivity index (χ2v) is 7.53. The van der Waals surface area contributed by atoms with Crippen molar-refractivity contribution in [1.29, 1.82) is 0 Å². The highest BCUT2D eigenvalue weighted by Crippen LogP contribution is 2.34. The molecule has 0 aromatic heterocycles. The number of carbonyl (C=O) groups excluding carboxylic acids is 1. The third-order valence-corrected chi connectivity index (χ3v) is 5.29. The van der Waals surface area contributed by atoms with Crippen molar-refractivity contribution in [2.75, 3.05) is 0 Å². The van der Waals surface area contributed by atoms with E-state index in [1.165, 1.54) is 37.3 Å². The summed E-state index contributed by atoms with van der Waals surface area (Å²) in [7, 11) is -4.23. The second kappa shape index (κ2) is 6.58. The maximum absolute atomic E-state index is 12.3. The fraction of sp³-hybridized carbons (Fsp3) is 0.0714. The zero-order chi connectivity index (χ0) is 16.5. The predicted octanol–water partition coefficient (Wildman–Crippen LogP) is 4.73. The van der Waals surface area contributed by atoms with Crippen molar-refractivity contribution in [3.05, 3.63) is 56.5 Å². The fourth-order valence-corrected chi connectivity index (χ4v) is 4.51. The lowest BCUT2D eigenvalue weighted by Gasteiger charge is -2.11. The molecule has 2 aromatic carbocycles. The van der Waals surface area contributed by atoms with Crippen LogP contribution >= 0.6 is 39.1 Å². The van der Waals surface area contributed by atoms with Crippen LogP contribution in [0.15, 0.2) is 45.8 Å². The Balaban J connectivity index is 2.45. The van der Waals surface area contributed by atoms with E-state index in [9.17, 15) is 13.2 Å². The van der Waals surface area contributed by atoms with Gasteiger partial charge in [-0.3, -0.25) is 4.79 Å². The smallest absolute Gasteiger partial charge is 0.342 e. The summed E-state index contributed by atoms with van der Waals surface area (Å²) >= 11 is 15.0. The van der Waals surface area contributed by atoms with Gasteiger partial charge in [0.05, 0.1) is 10.0 Å². The number of rotatable bonds is 4. The molecule has 0 aliphatic rings. The van der Waals surface area contributed by atoms with Gasteiger partial charge in [-0.1, -0.05) is 51.3 Å². The lowest BCUT2D eigenvalue weighted by molar-refractivity contribution is 0.101. The highest BCUT2D eigenvalue weighted by molar-refractivity contribution is 9.10. The average Bonchev–Trinajstić information content (AvgIpc) is 2.36. The second-order valence-electron chi connectivity index (χ2n) is 4.32. The van der Waals surface area contributed by atoms with Crippen molar-refractivity contribution in [2.45, 2.75) is 11.8 Å².